The van der Waals surface area contributed by atoms with Crippen LogP contribution in [-0.4, -0.2) is 27.6 Å². The molecule has 0 bridgehead atoms. The van der Waals surface area contributed by atoms with E-state index in [2.05, 4.69) is 17.2 Å². The summed E-state index contributed by atoms with van der Waals surface area (Å²) in [5, 5.41) is 22.7. The smallest absolute Gasteiger partial charge is 0.182 e. The molecule has 6 heteroatoms. The Morgan fingerprint density at radius 1 is 1.42 bits per heavy atom. The van der Waals surface area contributed by atoms with Crippen LogP contribution in [0.15, 0.2) is 47.7 Å². The van der Waals surface area contributed by atoms with Crippen molar-refractivity contribution in [2.75, 3.05) is 0 Å². The summed E-state index contributed by atoms with van der Waals surface area (Å²) in [4.78, 5) is 8.78. The van der Waals surface area contributed by atoms with E-state index < -0.39 is 17.7 Å². The van der Waals surface area contributed by atoms with Crippen LogP contribution in [0.25, 0.3) is 0 Å². The van der Waals surface area contributed by atoms with Gasteiger partial charge >= 0.3 is 0 Å². The minimum atomic E-state index is -0.866. The fourth-order valence-electron chi connectivity index (χ4n) is 3.05. The highest BCUT2D eigenvalue weighted by Gasteiger charge is 2.43. The molecule has 2 atom stereocenters. The summed E-state index contributed by atoms with van der Waals surface area (Å²) < 4.78 is 5.99. The van der Waals surface area contributed by atoms with Crippen molar-refractivity contribution in [1.29, 1.82) is 5.26 Å². The number of nitrogens with one attached hydrogen (secondary N) is 1. The Balaban J connectivity index is 2.13. The zero-order chi connectivity index (χ0) is 18.7. The topological polar surface area (TPSA) is 90.5 Å². The van der Waals surface area contributed by atoms with Crippen LogP contribution in [0.4, 0.5) is 0 Å². The van der Waals surface area contributed by atoms with Gasteiger partial charge < -0.3 is 9.84 Å². The summed E-state index contributed by atoms with van der Waals surface area (Å²) in [7, 11) is 0. The Hall–Kier alpha value is -2.91. The molecule has 2 N–H and O–H groups in total. The van der Waals surface area contributed by atoms with Crippen LogP contribution in [-0.2, 0) is 6.42 Å². The van der Waals surface area contributed by atoms with Gasteiger partial charge in [-0.05, 0) is 50.1 Å². The fourth-order valence-corrected chi connectivity index (χ4v) is 3.05. The van der Waals surface area contributed by atoms with Crippen LogP contribution in [0.2, 0.25) is 0 Å². The summed E-state index contributed by atoms with van der Waals surface area (Å²) >= 11 is 0. The van der Waals surface area contributed by atoms with Gasteiger partial charge in [0.2, 0.25) is 0 Å². The molecule has 26 heavy (non-hydrogen) atoms. The predicted octanol–water partition coefficient (Wildman–Crippen LogP) is 2.73. The molecule has 2 heterocycles. The number of hydrogen-bond donors (Lipinski definition) is 2. The fraction of sp³-hybridized carbons (Fsp3) is 0.350. The van der Waals surface area contributed by atoms with E-state index in [1.165, 1.54) is 0 Å². The van der Waals surface area contributed by atoms with Gasteiger partial charge in [0, 0.05) is 23.5 Å². The first-order chi connectivity index (χ1) is 12.5. The van der Waals surface area contributed by atoms with Gasteiger partial charge in [0.1, 0.15) is 29.3 Å². The first kappa shape index (κ1) is 17.9. The van der Waals surface area contributed by atoms with Gasteiger partial charge in [-0.3, -0.25) is 15.3 Å². The average Bonchev–Trinajstić information content (AvgIpc) is 2.65. The highest BCUT2D eigenvalue weighted by atomic mass is 16.5. The van der Waals surface area contributed by atoms with Crippen molar-refractivity contribution in [3.63, 3.8) is 0 Å². The molecular formula is C20H22N4O2. The molecule has 0 fully saturated rings. The second-order valence-corrected chi connectivity index (χ2v) is 6.78. The zero-order valence-electron chi connectivity index (χ0n) is 15.1. The Kier molecular flexibility index (Phi) is 4.92. The van der Waals surface area contributed by atoms with Gasteiger partial charge in [-0.2, -0.15) is 5.26 Å². The van der Waals surface area contributed by atoms with Crippen molar-refractivity contribution < 1.29 is 9.84 Å². The number of ether oxygens (including phenoxy) is 1. The van der Waals surface area contributed by atoms with E-state index in [4.69, 9.17) is 15.0 Å². The standard InChI is InChI=1S/C20H22N4O2/c1-4-13-7-8-16-15(10-13)17(18(25)20(2,3)26-16)24-19(23-12-21)14-6-5-9-22-11-14/h5-11,17-18,25H,4H2,1-3H3,(H,23,24)/t17-,18+/m1/s1. The quantitative estimate of drug-likeness (QED) is 0.384. The number of nitrogens with zero attached hydrogens (tertiary/aromatic N) is 3. The molecule has 0 radical (unpaired) electrons. The number of aromatic nitrogens is 1. The normalized spacial score (nSPS) is 21.3. The van der Waals surface area contributed by atoms with Gasteiger partial charge in [-0.15, -0.1) is 0 Å². The number of aliphatic hydroxyl groups excluding tert-OH is 1. The molecule has 3 rings (SSSR count). The summed E-state index contributed by atoms with van der Waals surface area (Å²) in [6, 6.07) is 8.98. The van der Waals surface area contributed by atoms with E-state index in [1.54, 1.807) is 18.5 Å². The summed E-state index contributed by atoms with van der Waals surface area (Å²) in [6.07, 6.45) is 5.20. The third-order valence-electron chi connectivity index (χ3n) is 4.56. The number of nitriles is 1. The lowest BCUT2D eigenvalue weighted by molar-refractivity contribution is -0.0567. The molecule has 1 aromatic carbocycles. The number of aryl methyl sites for hydroxylation is 1. The van der Waals surface area contributed by atoms with Crippen LogP contribution in [0, 0.1) is 11.5 Å². The van der Waals surface area contributed by atoms with Gasteiger partial charge in [-0.1, -0.05) is 13.0 Å². The van der Waals surface area contributed by atoms with E-state index in [0.717, 1.165) is 17.5 Å². The second-order valence-electron chi connectivity index (χ2n) is 6.78. The van der Waals surface area contributed by atoms with Gasteiger partial charge in [0.15, 0.2) is 6.19 Å². The van der Waals surface area contributed by atoms with Gasteiger partial charge in [0.05, 0.1) is 0 Å². The number of benzene rings is 1. The average molecular weight is 350 g/mol. The Bertz CT molecular complexity index is 856. The molecule has 0 saturated carbocycles. The first-order valence-electron chi connectivity index (χ1n) is 8.59. The van der Waals surface area contributed by atoms with E-state index in [9.17, 15) is 5.11 Å². The molecule has 6 nitrogen and oxygen atoms in total. The third kappa shape index (κ3) is 3.39. The van der Waals surface area contributed by atoms with Crippen molar-refractivity contribution in [1.82, 2.24) is 10.3 Å². The molecule has 0 saturated heterocycles. The maximum atomic E-state index is 10.9. The molecular weight excluding hydrogens is 328 g/mol. The van der Waals surface area contributed by atoms with Crippen molar-refractivity contribution in [2.45, 2.75) is 44.9 Å². The summed E-state index contributed by atoms with van der Waals surface area (Å²) in [5.41, 5.74) is 1.83. The van der Waals surface area contributed by atoms with Crippen molar-refractivity contribution in [3.8, 4) is 11.9 Å². The number of hydrogen-bond acceptors (Lipinski definition) is 5. The number of aliphatic hydroxyl groups is 1. The number of amidine groups is 1. The Labute approximate surface area is 153 Å². The minimum absolute atomic E-state index is 0.371. The SMILES string of the molecule is CCc1ccc2c(c1)[C@@H](N=C(NC#N)c1cccnc1)[C@H](O)C(C)(C)O2. The summed E-state index contributed by atoms with van der Waals surface area (Å²) in [5.74, 6) is 1.07. The van der Waals surface area contributed by atoms with E-state index in [1.807, 2.05) is 44.3 Å². The highest BCUT2D eigenvalue weighted by Crippen LogP contribution is 2.42. The van der Waals surface area contributed by atoms with Crippen molar-refractivity contribution in [3.05, 3.63) is 59.4 Å². The van der Waals surface area contributed by atoms with Gasteiger partial charge in [-0.25, -0.2) is 0 Å². The monoisotopic (exact) mass is 350 g/mol. The molecule has 0 aliphatic carbocycles. The van der Waals surface area contributed by atoms with Gasteiger partial charge in [0.25, 0.3) is 0 Å². The lowest BCUT2D eigenvalue weighted by Crippen LogP contribution is -2.48. The molecule has 0 unspecified atom stereocenters. The van der Waals surface area contributed by atoms with Crippen LogP contribution < -0.4 is 10.1 Å². The number of aliphatic imine (C=N–C) groups is 1. The lowest BCUT2D eigenvalue weighted by Gasteiger charge is -2.41. The first-order valence-corrected chi connectivity index (χ1v) is 8.59. The number of pyridine rings is 1. The Morgan fingerprint density at radius 2 is 2.23 bits per heavy atom. The summed E-state index contributed by atoms with van der Waals surface area (Å²) in [6.45, 7) is 5.74. The third-order valence-corrected chi connectivity index (χ3v) is 4.56. The highest BCUT2D eigenvalue weighted by molar-refractivity contribution is 5.99. The van der Waals surface area contributed by atoms with Crippen LogP contribution in [0.1, 0.15) is 43.5 Å². The lowest BCUT2D eigenvalue weighted by atomic mass is 9.86. The van der Waals surface area contributed by atoms with E-state index in [-0.39, 0.29) is 0 Å². The minimum Gasteiger partial charge on any atom is -0.485 e. The van der Waals surface area contributed by atoms with Crippen LogP contribution >= 0.6 is 0 Å². The van der Waals surface area contributed by atoms with Crippen LogP contribution in [0.5, 0.6) is 5.75 Å². The molecule has 1 aliphatic rings. The zero-order valence-corrected chi connectivity index (χ0v) is 15.1. The largest absolute Gasteiger partial charge is 0.485 e. The Morgan fingerprint density at radius 3 is 2.88 bits per heavy atom. The van der Waals surface area contributed by atoms with Crippen molar-refractivity contribution in [2.24, 2.45) is 4.99 Å². The van der Waals surface area contributed by atoms with Crippen molar-refractivity contribution >= 4 is 5.84 Å². The molecule has 0 amide bonds. The maximum absolute atomic E-state index is 10.9. The molecule has 1 aromatic heterocycles. The van der Waals surface area contributed by atoms with Crippen LogP contribution in [0.3, 0.4) is 0 Å². The predicted molar refractivity (Wildman–Crippen MR) is 98.8 cm³/mol. The molecule has 2 aromatic rings. The molecule has 0 spiro atoms. The molecule has 134 valence electrons. The number of rotatable bonds is 3. The van der Waals surface area contributed by atoms with E-state index >= 15 is 0 Å². The second kappa shape index (κ2) is 7.14. The maximum Gasteiger partial charge on any atom is 0.182 e. The molecule has 1 aliphatic heterocycles. The van der Waals surface area contributed by atoms with E-state index in [0.29, 0.717) is 17.1 Å². The number of fused-ring (bicyclic) bond motifs is 1.